The van der Waals surface area contributed by atoms with E-state index >= 15 is 0 Å². The molecule has 27 heavy (non-hydrogen) atoms. The fourth-order valence-corrected chi connectivity index (χ4v) is 6.08. The number of hydrogen-bond donors (Lipinski definition) is 1. The number of rotatable bonds is 4. The summed E-state index contributed by atoms with van der Waals surface area (Å²) in [5.41, 5.74) is -0.382. The van der Waals surface area contributed by atoms with Crippen LogP contribution in [-0.2, 0) is 10.0 Å². The molecule has 2 aromatic carbocycles. The molecule has 2 aromatic rings. The minimum atomic E-state index is -3.89. The van der Waals surface area contributed by atoms with Gasteiger partial charge in [0.15, 0.2) is 0 Å². The summed E-state index contributed by atoms with van der Waals surface area (Å²) in [4.78, 5) is 0.129. The summed E-state index contributed by atoms with van der Waals surface area (Å²) >= 11 is 5.91. The number of piperidine rings is 1. The smallest absolute Gasteiger partial charge is 0.243 e. The van der Waals surface area contributed by atoms with Gasteiger partial charge in [0.05, 0.1) is 22.6 Å². The predicted molar refractivity (Wildman–Crippen MR) is 101 cm³/mol. The number of aliphatic hydroxyl groups is 1. The number of halogens is 2. The zero-order valence-corrected chi connectivity index (χ0v) is 16.3. The lowest BCUT2D eigenvalue weighted by Gasteiger charge is -2.43. The lowest BCUT2D eigenvalue weighted by Crippen LogP contribution is -2.52. The zero-order valence-electron chi connectivity index (χ0n) is 14.7. The molecule has 1 heterocycles. The molecule has 144 valence electrons. The number of sulfonamides is 1. The predicted octanol–water partition coefficient (Wildman–Crippen LogP) is 4.29. The minimum absolute atomic E-state index is 0.129. The van der Waals surface area contributed by atoms with Crippen molar-refractivity contribution in [2.45, 2.75) is 54.7 Å². The molecule has 4 nitrogen and oxygen atoms in total. The Kier molecular flexibility index (Phi) is 4.79. The first-order valence-corrected chi connectivity index (χ1v) is 10.9. The van der Waals surface area contributed by atoms with Crippen LogP contribution >= 0.6 is 11.6 Å². The fraction of sp³-hybridized carbons (Fsp3) is 0.400. The van der Waals surface area contributed by atoms with E-state index in [0.29, 0.717) is 36.3 Å². The Hall–Kier alpha value is -1.47. The van der Waals surface area contributed by atoms with E-state index in [1.54, 1.807) is 12.1 Å². The molecule has 2 fully saturated rings. The molecule has 1 aliphatic carbocycles. The van der Waals surface area contributed by atoms with Gasteiger partial charge in [-0.15, -0.1) is 0 Å². The standard InChI is InChI=1S/C20H21ClFNO3S/c21-15-7-9-17(10-8-15)27(25,26)23-18(14-3-1-4-16(22)13-14)5-2-6-19(23)20(24)11-12-20/h1,3-4,7-10,13,18-19,24H,2,5-6,11-12H2/t18-,19+/m0/s1. The van der Waals surface area contributed by atoms with Gasteiger partial charge < -0.3 is 5.11 Å². The Bertz CT molecular complexity index is 944. The SMILES string of the molecule is O=S(=O)(c1ccc(Cl)cc1)N1[C@H](c2cccc(F)c2)CCC[C@@H]1C1(O)CC1. The van der Waals surface area contributed by atoms with Gasteiger partial charge in [-0.1, -0.05) is 23.7 Å². The highest BCUT2D eigenvalue weighted by Crippen LogP contribution is 2.50. The molecule has 7 heteroatoms. The van der Waals surface area contributed by atoms with E-state index in [-0.39, 0.29) is 4.90 Å². The molecule has 1 saturated carbocycles. The number of hydrogen-bond acceptors (Lipinski definition) is 3. The first-order valence-electron chi connectivity index (χ1n) is 9.08. The Morgan fingerprint density at radius 2 is 1.81 bits per heavy atom. The molecule has 1 N–H and O–H groups in total. The fourth-order valence-electron chi connectivity index (χ4n) is 4.03. The molecule has 4 rings (SSSR count). The third-order valence-corrected chi connectivity index (χ3v) is 7.76. The second-order valence-electron chi connectivity index (χ2n) is 7.41. The van der Waals surface area contributed by atoms with E-state index in [9.17, 15) is 17.9 Å². The third-order valence-electron chi connectivity index (χ3n) is 5.57. The topological polar surface area (TPSA) is 57.6 Å². The monoisotopic (exact) mass is 409 g/mol. The minimum Gasteiger partial charge on any atom is -0.388 e. The van der Waals surface area contributed by atoms with Crippen LogP contribution in [0.3, 0.4) is 0 Å². The maximum Gasteiger partial charge on any atom is 0.243 e. The Morgan fingerprint density at radius 1 is 1.11 bits per heavy atom. The van der Waals surface area contributed by atoms with Crippen molar-refractivity contribution in [3.63, 3.8) is 0 Å². The van der Waals surface area contributed by atoms with Crippen molar-refractivity contribution in [2.24, 2.45) is 0 Å². The van der Waals surface area contributed by atoms with Crippen molar-refractivity contribution >= 4 is 21.6 Å². The molecule has 2 aliphatic rings. The summed E-state index contributed by atoms with van der Waals surface area (Å²) in [5.74, 6) is -0.399. The third kappa shape index (κ3) is 3.51. The normalized spacial score (nSPS) is 25.3. The molecule has 0 unspecified atom stereocenters. The van der Waals surface area contributed by atoms with Gasteiger partial charge in [-0.25, -0.2) is 12.8 Å². The van der Waals surface area contributed by atoms with Crippen molar-refractivity contribution < 1.29 is 17.9 Å². The largest absolute Gasteiger partial charge is 0.388 e. The quantitative estimate of drug-likeness (QED) is 0.819. The Morgan fingerprint density at radius 3 is 2.44 bits per heavy atom. The van der Waals surface area contributed by atoms with Crippen LogP contribution in [-0.4, -0.2) is 29.5 Å². The molecule has 1 aliphatic heterocycles. The number of benzene rings is 2. The number of nitrogens with zero attached hydrogens (tertiary/aromatic N) is 1. The van der Waals surface area contributed by atoms with E-state index in [4.69, 9.17) is 11.6 Å². The second-order valence-corrected chi connectivity index (χ2v) is 9.69. The molecule has 1 saturated heterocycles. The van der Waals surface area contributed by atoms with Gasteiger partial charge in [0.2, 0.25) is 10.0 Å². The van der Waals surface area contributed by atoms with Crippen molar-refractivity contribution in [3.8, 4) is 0 Å². The van der Waals surface area contributed by atoms with Crippen LogP contribution in [0.5, 0.6) is 0 Å². The molecule has 2 atom stereocenters. The molecule has 0 spiro atoms. The first-order chi connectivity index (χ1) is 12.8. The summed E-state index contributed by atoms with van der Waals surface area (Å²) in [6, 6.07) is 11.1. The van der Waals surface area contributed by atoms with Gasteiger partial charge in [-0.3, -0.25) is 0 Å². The van der Waals surface area contributed by atoms with Crippen molar-refractivity contribution in [1.82, 2.24) is 4.31 Å². The van der Waals surface area contributed by atoms with E-state index in [1.165, 1.54) is 40.7 Å². The van der Waals surface area contributed by atoms with Crippen LogP contribution < -0.4 is 0 Å². The summed E-state index contributed by atoms with van der Waals surface area (Å²) in [7, 11) is -3.89. The second kappa shape index (κ2) is 6.85. The highest BCUT2D eigenvalue weighted by Gasteiger charge is 2.55. The summed E-state index contributed by atoms with van der Waals surface area (Å²) in [6.07, 6.45) is 3.12. The first kappa shape index (κ1) is 18.9. The van der Waals surface area contributed by atoms with Crippen LogP contribution in [0.2, 0.25) is 5.02 Å². The lowest BCUT2D eigenvalue weighted by molar-refractivity contribution is 0.0267. The molecular formula is C20H21ClFNO3S. The van der Waals surface area contributed by atoms with Crippen molar-refractivity contribution in [3.05, 3.63) is 64.9 Å². The highest BCUT2D eigenvalue weighted by atomic mass is 35.5. The van der Waals surface area contributed by atoms with Gasteiger partial charge in [0, 0.05) is 5.02 Å². The molecule has 0 amide bonds. The summed E-state index contributed by atoms with van der Waals surface area (Å²) in [5, 5.41) is 11.2. The summed E-state index contributed by atoms with van der Waals surface area (Å²) < 4.78 is 42.3. The van der Waals surface area contributed by atoms with E-state index in [0.717, 1.165) is 6.42 Å². The van der Waals surface area contributed by atoms with Gasteiger partial charge in [-0.2, -0.15) is 4.31 Å². The van der Waals surface area contributed by atoms with Crippen molar-refractivity contribution in [1.29, 1.82) is 0 Å². The van der Waals surface area contributed by atoms with Gasteiger partial charge in [0.1, 0.15) is 5.82 Å². The van der Waals surface area contributed by atoms with Crippen LogP contribution in [0.15, 0.2) is 53.4 Å². The van der Waals surface area contributed by atoms with Crippen LogP contribution in [0.1, 0.15) is 43.7 Å². The average Bonchev–Trinajstić information content (AvgIpc) is 3.40. The molecule has 0 bridgehead atoms. The van der Waals surface area contributed by atoms with Gasteiger partial charge in [0.25, 0.3) is 0 Å². The molecule has 0 aromatic heterocycles. The Labute approximate surface area is 163 Å². The molecular weight excluding hydrogens is 389 g/mol. The maximum atomic E-state index is 13.8. The van der Waals surface area contributed by atoms with Crippen LogP contribution in [0.4, 0.5) is 4.39 Å². The highest BCUT2D eigenvalue weighted by molar-refractivity contribution is 7.89. The summed E-state index contributed by atoms with van der Waals surface area (Å²) in [6.45, 7) is 0. The maximum absolute atomic E-state index is 13.8. The lowest BCUT2D eigenvalue weighted by atomic mass is 9.90. The Balaban J connectivity index is 1.82. The van der Waals surface area contributed by atoms with E-state index in [1.807, 2.05) is 0 Å². The van der Waals surface area contributed by atoms with Gasteiger partial charge in [-0.05, 0) is 74.1 Å². The average molecular weight is 410 g/mol. The van der Waals surface area contributed by atoms with Crippen LogP contribution in [0.25, 0.3) is 0 Å². The van der Waals surface area contributed by atoms with E-state index in [2.05, 4.69) is 0 Å². The van der Waals surface area contributed by atoms with Crippen molar-refractivity contribution in [2.75, 3.05) is 0 Å². The van der Waals surface area contributed by atoms with E-state index < -0.39 is 33.5 Å². The van der Waals surface area contributed by atoms with Crippen LogP contribution in [0, 0.1) is 5.82 Å². The molecule has 0 radical (unpaired) electrons. The van der Waals surface area contributed by atoms with Gasteiger partial charge >= 0.3 is 0 Å². The zero-order chi connectivity index (χ0) is 19.2.